The van der Waals surface area contributed by atoms with Gasteiger partial charge in [0.05, 0.1) is 5.41 Å². The van der Waals surface area contributed by atoms with Gasteiger partial charge in [-0.2, -0.15) is 0 Å². The number of carbonyl (C=O) groups is 2. The second kappa shape index (κ2) is 7.41. The third kappa shape index (κ3) is 3.55. The van der Waals surface area contributed by atoms with Crippen LogP contribution in [0.1, 0.15) is 60.4 Å². The van der Waals surface area contributed by atoms with Crippen LogP contribution in [0.25, 0.3) is 0 Å². The monoisotopic (exact) mass is 378 g/mol. The zero-order chi connectivity index (χ0) is 19.7. The van der Waals surface area contributed by atoms with Crippen molar-refractivity contribution in [2.45, 2.75) is 52.4 Å². The van der Waals surface area contributed by atoms with E-state index in [0.29, 0.717) is 24.6 Å². The fourth-order valence-corrected chi connectivity index (χ4v) is 4.81. The first-order valence-corrected chi connectivity index (χ1v) is 10.0. The lowest BCUT2D eigenvalue weighted by atomic mass is 9.67. The molecule has 1 aliphatic heterocycles. The molecule has 2 aromatic heterocycles. The summed E-state index contributed by atoms with van der Waals surface area (Å²) in [6.07, 6.45) is 8.45. The molecule has 6 heteroatoms. The zero-order valence-electron chi connectivity index (χ0n) is 16.5. The number of Topliss-reactive ketones (excluding diaryl/α,β-unsaturated/α-hetero) is 1. The first kappa shape index (κ1) is 18.7. The number of carbonyl (C=O) groups excluding carboxylic acids is 2. The Balaban J connectivity index is 1.47. The van der Waals surface area contributed by atoms with Crippen LogP contribution in [0.5, 0.6) is 0 Å². The summed E-state index contributed by atoms with van der Waals surface area (Å²) < 4.78 is 0. The highest BCUT2D eigenvalue weighted by Gasteiger charge is 2.49. The van der Waals surface area contributed by atoms with E-state index in [9.17, 15) is 9.59 Å². The highest BCUT2D eigenvalue weighted by Crippen LogP contribution is 2.48. The van der Waals surface area contributed by atoms with E-state index in [1.54, 1.807) is 24.5 Å². The van der Waals surface area contributed by atoms with Gasteiger partial charge in [0.1, 0.15) is 11.6 Å². The number of rotatable bonds is 4. The Morgan fingerprint density at radius 3 is 2.82 bits per heavy atom. The third-order valence-corrected chi connectivity index (χ3v) is 6.19. The van der Waals surface area contributed by atoms with E-state index in [1.165, 1.54) is 0 Å². The molecule has 0 N–H and O–H groups in total. The summed E-state index contributed by atoms with van der Waals surface area (Å²) in [7, 11) is 0. The van der Waals surface area contributed by atoms with Gasteiger partial charge in [0.15, 0.2) is 5.78 Å². The van der Waals surface area contributed by atoms with Gasteiger partial charge in [-0.25, -0.2) is 9.97 Å². The van der Waals surface area contributed by atoms with Crippen LogP contribution in [0.3, 0.4) is 0 Å². The summed E-state index contributed by atoms with van der Waals surface area (Å²) in [5, 5.41) is 0. The number of aromatic nitrogens is 3. The van der Waals surface area contributed by atoms with Gasteiger partial charge >= 0.3 is 0 Å². The van der Waals surface area contributed by atoms with Crippen LogP contribution in [0, 0.1) is 25.2 Å². The molecular formula is C22H26N4O2. The molecule has 1 saturated carbocycles. The molecule has 0 aromatic carbocycles. The van der Waals surface area contributed by atoms with Crippen molar-refractivity contribution in [3.63, 3.8) is 0 Å². The smallest absolute Gasteiger partial charge is 0.234 e. The molecule has 3 heterocycles. The third-order valence-electron chi connectivity index (χ3n) is 6.19. The maximum Gasteiger partial charge on any atom is 0.234 e. The van der Waals surface area contributed by atoms with Gasteiger partial charge in [0.25, 0.3) is 0 Å². The van der Waals surface area contributed by atoms with Crippen LogP contribution in [0.4, 0.5) is 5.82 Å². The van der Waals surface area contributed by atoms with Crippen LogP contribution >= 0.6 is 0 Å². The van der Waals surface area contributed by atoms with E-state index in [1.807, 2.05) is 24.8 Å². The lowest BCUT2D eigenvalue weighted by Crippen LogP contribution is -2.39. The summed E-state index contributed by atoms with van der Waals surface area (Å²) in [5.41, 5.74) is 1.24. The molecule has 6 nitrogen and oxygen atoms in total. The van der Waals surface area contributed by atoms with Gasteiger partial charge in [0.2, 0.25) is 5.91 Å². The van der Waals surface area contributed by atoms with Crippen molar-refractivity contribution in [2.24, 2.45) is 11.3 Å². The standard InChI is InChI=1S/C22H26N4O2/c1-15-12-18(5-9-23-15)19(27)13-17-4-3-7-22(14-17)8-11-26(21(22)28)20-6-10-24-16(2)25-20/h5-6,9-10,12,17H,3-4,7-8,11,13-14H2,1-2H3/t17-,22+/m1/s1. The van der Waals surface area contributed by atoms with Crippen molar-refractivity contribution in [3.05, 3.63) is 47.7 Å². The van der Waals surface area contributed by atoms with Gasteiger partial charge in [-0.05, 0) is 63.6 Å². The molecule has 146 valence electrons. The topological polar surface area (TPSA) is 76.1 Å². The fraction of sp³-hybridized carbons (Fsp3) is 0.500. The van der Waals surface area contributed by atoms with E-state index in [0.717, 1.165) is 43.4 Å². The van der Waals surface area contributed by atoms with Crippen molar-refractivity contribution in [1.29, 1.82) is 0 Å². The molecule has 0 unspecified atom stereocenters. The Kier molecular flexibility index (Phi) is 4.96. The number of hydrogen-bond donors (Lipinski definition) is 0. The highest BCUT2D eigenvalue weighted by molar-refractivity contribution is 5.99. The predicted molar refractivity (Wildman–Crippen MR) is 106 cm³/mol. The average Bonchev–Trinajstić information content (AvgIpc) is 2.97. The summed E-state index contributed by atoms with van der Waals surface area (Å²) in [5.74, 6) is 1.94. The van der Waals surface area contributed by atoms with E-state index in [-0.39, 0.29) is 23.0 Å². The molecule has 0 bridgehead atoms. The fourth-order valence-electron chi connectivity index (χ4n) is 4.81. The number of ketones is 1. The highest BCUT2D eigenvalue weighted by atomic mass is 16.2. The summed E-state index contributed by atoms with van der Waals surface area (Å²) in [6.45, 7) is 4.43. The van der Waals surface area contributed by atoms with Gasteiger partial charge in [-0.1, -0.05) is 6.42 Å². The van der Waals surface area contributed by atoms with Gasteiger partial charge in [0, 0.05) is 36.6 Å². The van der Waals surface area contributed by atoms with Crippen molar-refractivity contribution in [3.8, 4) is 0 Å². The minimum Gasteiger partial charge on any atom is -0.296 e. The Labute approximate surface area is 165 Å². The van der Waals surface area contributed by atoms with Gasteiger partial charge < -0.3 is 0 Å². The van der Waals surface area contributed by atoms with Crippen LogP contribution < -0.4 is 4.90 Å². The zero-order valence-corrected chi connectivity index (χ0v) is 16.5. The second-order valence-electron chi connectivity index (χ2n) is 8.22. The molecule has 2 aliphatic rings. The number of anilines is 1. The van der Waals surface area contributed by atoms with Crippen LogP contribution in [0.2, 0.25) is 0 Å². The molecule has 4 rings (SSSR count). The molecule has 2 aromatic rings. The summed E-state index contributed by atoms with van der Waals surface area (Å²) in [6, 6.07) is 5.44. The largest absolute Gasteiger partial charge is 0.296 e. The molecule has 1 spiro atoms. The normalized spacial score (nSPS) is 24.7. The Morgan fingerprint density at radius 2 is 2.04 bits per heavy atom. The van der Waals surface area contributed by atoms with E-state index in [4.69, 9.17) is 0 Å². The Morgan fingerprint density at radius 1 is 1.21 bits per heavy atom. The first-order valence-electron chi connectivity index (χ1n) is 10.0. The van der Waals surface area contributed by atoms with Crippen molar-refractivity contribution in [1.82, 2.24) is 15.0 Å². The molecular weight excluding hydrogens is 352 g/mol. The second-order valence-corrected chi connectivity index (χ2v) is 8.22. The Hall–Kier alpha value is -2.63. The lowest BCUT2D eigenvalue weighted by molar-refractivity contribution is -0.128. The Bertz CT molecular complexity index is 913. The number of hydrogen-bond acceptors (Lipinski definition) is 5. The molecule has 2 fully saturated rings. The predicted octanol–water partition coefficient (Wildman–Crippen LogP) is 3.67. The SMILES string of the molecule is Cc1cc(C(=O)C[C@H]2CCC[C@]3(CCN(c4ccnc(C)n4)C3=O)C2)ccn1. The molecule has 2 atom stereocenters. The molecule has 0 radical (unpaired) electrons. The van der Waals surface area contributed by atoms with Gasteiger partial charge in [-0.3, -0.25) is 19.5 Å². The quantitative estimate of drug-likeness (QED) is 0.759. The minimum atomic E-state index is -0.337. The number of nitrogens with zero attached hydrogens (tertiary/aromatic N) is 4. The van der Waals surface area contributed by atoms with Crippen LogP contribution in [0.15, 0.2) is 30.6 Å². The van der Waals surface area contributed by atoms with Crippen LogP contribution in [-0.2, 0) is 4.79 Å². The number of amides is 1. The van der Waals surface area contributed by atoms with E-state index < -0.39 is 0 Å². The number of aryl methyl sites for hydroxylation is 2. The van der Waals surface area contributed by atoms with Gasteiger partial charge in [-0.15, -0.1) is 0 Å². The summed E-state index contributed by atoms with van der Waals surface area (Å²) in [4.78, 5) is 40.6. The maximum absolute atomic E-state index is 13.3. The van der Waals surface area contributed by atoms with Crippen LogP contribution in [-0.4, -0.2) is 33.2 Å². The molecule has 1 amide bonds. The minimum absolute atomic E-state index is 0.154. The van der Waals surface area contributed by atoms with Crippen molar-refractivity contribution >= 4 is 17.5 Å². The maximum atomic E-state index is 13.3. The van der Waals surface area contributed by atoms with Crippen molar-refractivity contribution < 1.29 is 9.59 Å². The lowest BCUT2D eigenvalue weighted by Gasteiger charge is -2.36. The molecule has 28 heavy (non-hydrogen) atoms. The van der Waals surface area contributed by atoms with E-state index in [2.05, 4.69) is 15.0 Å². The summed E-state index contributed by atoms with van der Waals surface area (Å²) >= 11 is 0. The number of pyridine rings is 1. The van der Waals surface area contributed by atoms with Crippen molar-refractivity contribution in [2.75, 3.05) is 11.4 Å². The molecule has 1 aliphatic carbocycles. The first-order chi connectivity index (χ1) is 13.5. The molecule has 1 saturated heterocycles. The van der Waals surface area contributed by atoms with E-state index >= 15 is 0 Å². The average molecular weight is 378 g/mol.